The minimum atomic E-state index is -0.531. The van der Waals surface area contributed by atoms with Crippen LogP contribution in [0.5, 0.6) is 0 Å². The number of amides is 2. The Kier molecular flexibility index (Phi) is 4.95. The number of rotatable bonds is 4. The summed E-state index contributed by atoms with van der Waals surface area (Å²) in [4.78, 5) is 25.2. The molecule has 1 aromatic heterocycles. The molecule has 1 N–H and O–H groups in total. The predicted molar refractivity (Wildman–Crippen MR) is 82.4 cm³/mol. The highest BCUT2D eigenvalue weighted by atomic mass is 35.5. The van der Waals surface area contributed by atoms with E-state index in [1.807, 2.05) is 0 Å². The maximum atomic E-state index is 12.1. The molecule has 0 radical (unpaired) electrons. The number of likely N-dealkylation sites (N-methyl/N-ethyl adjacent to an activating group) is 1. The molecule has 22 heavy (non-hydrogen) atoms. The van der Waals surface area contributed by atoms with E-state index in [2.05, 4.69) is 5.32 Å². The highest BCUT2D eigenvalue weighted by molar-refractivity contribution is 6.30. The number of nitrogens with one attached hydrogen (secondary N) is 1. The van der Waals surface area contributed by atoms with Gasteiger partial charge in [0.05, 0.1) is 0 Å². The van der Waals surface area contributed by atoms with Crippen LogP contribution in [0.4, 0.5) is 5.69 Å². The predicted octanol–water partition coefficient (Wildman–Crippen LogP) is 1.68. The molecular formula is C15H14ClN3O3. The summed E-state index contributed by atoms with van der Waals surface area (Å²) < 4.78 is 0.466. The zero-order valence-electron chi connectivity index (χ0n) is 11.8. The number of carbonyl (C=O) groups excluding carboxylic acids is 2. The summed E-state index contributed by atoms with van der Waals surface area (Å²) in [6.45, 7) is -0.180. The maximum Gasteiger partial charge on any atom is 0.320 e. The van der Waals surface area contributed by atoms with Crippen molar-refractivity contribution in [2.45, 2.75) is 0 Å². The van der Waals surface area contributed by atoms with E-state index in [-0.39, 0.29) is 18.1 Å². The fourth-order valence-electron chi connectivity index (χ4n) is 1.84. The topological polar surface area (TPSA) is 76.4 Å². The van der Waals surface area contributed by atoms with Crippen LogP contribution < -0.4 is 10.0 Å². The number of anilines is 1. The minimum Gasteiger partial charge on any atom is -0.618 e. The van der Waals surface area contributed by atoms with Gasteiger partial charge in [-0.1, -0.05) is 17.7 Å². The quantitative estimate of drug-likeness (QED) is 0.688. The number of nitrogens with zero attached hydrogens (tertiary/aromatic N) is 2. The fourth-order valence-corrected chi connectivity index (χ4v) is 2.03. The average molecular weight is 320 g/mol. The lowest BCUT2D eigenvalue weighted by molar-refractivity contribution is -0.608. The second-order valence-corrected chi connectivity index (χ2v) is 5.07. The van der Waals surface area contributed by atoms with Gasteiger partial charge >= 0.3 is 5.91 Å². The van der Waals surface area contributed by atoms with Crippen molar-refractivity contribution in [1.82, 2.24) is 4.90 Å². The molecule has 2 rings (SSSR count). The average Bonchev–Trinajstić information content (AvgIpc) is 2.46. The fraction of sp³-hybridized carbons (Fsp3) is 0.133. The molecular weight excluding hydrogens is 306 g/mol. The number of hydrogen-bond donors (Lipinski definition) is 1. The van der Waals surface area contributed by atoms with Gasteiger partial charge in [-0.25, -0.2) is 0 Å². The summed E-state index contributed by atoms with van der Waals surface area (Å²) in [6, 6.07) is 11.2. The van der Waals surface area contributed by atoms with Crippen LogP contribution in [0.15, 0.2) is 48.7 Å². The number of hydrogen-bond acceptors (Lipinski definition) is 3. The highest BCUT2D eigenvalue weighted by Gasteiger charge is 2.21. The molecule has 0 aliphatic carbocycles. The van der Waals surface area contributed by atoms with E-state index >= 15 is 0 Å². The summed E-state index contributed by atoms with van der Waals surface area (Å²) in [5.74, 6) is -0.914. The van der Waals surface area contributed by atoms with Crippen LogP contribution in [0, 0.1) is 5.21 Å². The minimum absolute atomic E-state index is 0.0412. The van der Waals surface area contributed by atoms with Crippen LogP contribution in [0.1, 0.15) is 10.5 Å². The van der Waals surface area contributed by atoms with Crippen LogP contribution in [0.3, 0.4) is 0 Å². The molecule has 2 amide bonds. The van der Waals surface area contributed by atoms with E-state index < -0.39 is 5.91 Å². The van der Waals surface area contributed by atoms with Crippen molar-refractivity contribution in [2.24, 2.45) is 0 Å². The standard InChI is InChI=1S/C15H14ClN3O3/c1-18(15(21)13-7-2-3-8-19(13)22)10-14(20)17-12-6-4-5-11(16)9-12/h2-9H,10H2,1H3,(H,17,20). The van der Waals surface area contributed by atoms with Crippen LogP contribution >= 0.6 is 11.6 Å². The number of benzene rings is 1. The third-order valence-corrected chi connectivity index (χ3v) is 3.11. The summed E-state index contributed by atoms with van der Waals surface area (Å²) in [5.41, 5.74) is 0.498. The molecule has 0 aliphatic rings. The van der Waals surface area contributed by atoms with E-state index in [1.54, 1.807) is 30.3 Å². The Morgan fingerprint density at radius 1 is 1.27 bits per heavy atom. The first kappa shape index (κ1) is 15.8. The van der Waals surface area contributed by atoms with Gasteiger partial charge in [0.2, 0.25) is 5.91 Å². The van der Waals surface area contributed by atoms with Crippen molar-refractivity contribution in [3.8, 4) is 0 Å². The first-order valence-corrected chi connectivity index (χ1v) is 6.84. The van der Waals surface area contributed by atoms with Gasteiger partial charge in [-0.05, 0) is 24.3 Å². The molecule has 7 heteroatoms. The van der Waals surface area contributed by atoms with Crippen molar-refractivity contribution in [3.63, 3.8) is 0 Å². The Morgan fingerprint density at radius 2 is 2.05 bits per heavy atom. The lowest BCUT2D eigenvalue weighted by Gasteiger charge is -2.16. The molecule has 6 nitrogen and oxygen atoms in total. The first-order chi connectivity index (χ1) is 10.5. The Labute approximate surface area is 132 Å². The van der Waals surface area contributed by atoms with Gasteiger partial charge in [-0.3, -0.25) is 9.59 Å². The van der Waals surface area contributed by atoms with E-state index in [0.717, 1.165) is 0 Å². The Bertz CT molecular complexity index is 706. The molecule has 0 unspecified atom stereocenters. The van der Waals surface area contributed by atoms with E-state index in [0.29, 0.717) is 15.4 Å². The third kappa shape index (κ3) is 3.95. The van der Waals surface area contributed by atoms with Gasteiger partial charge in [0.15, 0.2) is 6.20 Å². The molecule has 0 saturated carbocycles. The monoisotopic (exact) mass is 319 g/mol. The molecule has 114 valence electrons. The smallest absolute Gasteiger partial charge is 0.320 e. The number of halogens is 1. The summed E-state index contributed by atoms with van der Waals surface area (Å²) in [6.07, 6.45) is 1.23. The molecule has 2 aromatic rings. The van der Waals surface area contributed by atoms with Crippen LogP contribution in [-0.2, 0) is 4.79 Å². The first-order valence-electron chi connectivity index (χ1n) is 6.46. The van der Waals surface area contributed by atoms with Crippen molar-refractivity contribution in [2.75, 3.05) is 18.9 Å². The third-order valence-electron chi connectivity index (χ3n) is 2.88. The maximum absolute atomic E-state index is 12.1. The Balaban J connectivity index is 1.99. The second-order valence-electron chi connectivity index (χ2n) is 4.63. The zero-order chi connectivity index (χ0) is 16.1. The molecule has 1 heterocycles. The van der Waals surface area contributed by atoms with Crippen LogP contribution in [0.2, 0.25) is 5.02 Å². The molecule has 0 bridgehead atoms. The summed E-state index contributed by atoms with van der Waals surface area (Å²) in [7, 11) is 1.45. The van der Waals surface area contributed by atoms with Crippen LogP contribution in [-0.4, -0.2) is 30.3 Å². The molecule has 0 atom stereocenters. The van der Waals surface area contributed by atoms with Crippen molar-refractivity contribution < 1.29 is 14.3 Å². The Hall–Kier alpha value is -2.60. The van der Waals surface area contributed by atoms with Gasteiger partial charge in [0.1, 0.15) is 6.54 Å². The van der Waals surface area contributed by atoms with E-state index in [4.69, 9.17) is 11.6 Å². The van der Waals surface area contributed by atoms with Crippen LogP contribution in [0.25, 0.3) is 0 Å². The largest absolute Gasteiger partial charge is 0.618 e. The summed E-state index contributed by atoms with van der Waals surface area (Å²) >= 11 is 5.83. The normalized spacial score (nSPS) is 10.1. The van der Waals surface area contributed by atoms with Crippen molar-refractivity contribution in [1.29, 1.82) is 0 Å². The van der Waals surface area contributed by atoms with E-state index in [1.165, 1.54) is 30.3 Å². The lowest BCUT2D eigenvalue weighted by atomic mass is 10.3. The zero-order valence-corrected chi connectivity index (χ0v) is 12.6. The van der Waals surface area contributed by atoms with Gasteiger partial charge in [-0.15, -0.1) is 0 Å². The molecule has 1 aromatic carbocycles. The highest BCUT2D eigenvalue weighted by Crippen LogP contribution is 2.14. The number of carbonyl (C=O) groups is 2. The summed E-state index contributed by atoms with van der Waals surface area (Å²) in [5, 5.41) is 14.7. The van der Waals surface area contributed by atoms with Gasteiger partial charge in [-0.2, -0.15) is 4.73 Å². The molecule has 0 fully saturated rings. The van der Waals surface area contributed by atoms with Crippen molar-refractivity contribution >= 4 is 29.1 Å². The molecule has 0 spiro atoms. The SMILES string of the molecule is CN(CC(=O)Nc1cccc(Cl)c1)C(=O)c1cccc[n+]1[O-]. The van der Waals surface area contributed by atoms with E-state index in [9.17, 15) is 14.8 Å². The molecule has 0 aliphatic heterocycles. The van der Waals surface area contributed by atoms with Gasteiger partial charge in [0, 0.05) is 29.9 Å². The van der Waals surface area contributed by atoms with Gasteiger partial charge < -0.3 is 15.4 Å². The number of pyridine rings is 1. The molecule has 0 saturated heterocycles. The number of aromatic nitrogens is 1. The van der Waals surface area contributed by atoms with Crippen molar-refractivity contribution in [3.05, 3.63) is 64.6 Å². The Morgan fingerprint density at radius 3 is 2.73 bits per heavy atom. The van der Waals surface area contributed by atoms with Gasteiger partial charge in [0.25, 0.3) is 5.69 Å². The lowest BCUT2D eigenvalue weighted by Crippen LogP contribution is -2.42. The second kappa shape index (κ2) is 6.91.